The van der Waals surface area contributed by atoms with Gasteiger partial charge in [-0.3, -0.25) is 24.3 Å². The van der Waals surface area contributed by atoms with Crippen molar-refractivity contribution in [3.05, 3.63) is 38.4 Å². The molecule has 9 nitrogen and oxygen atoms in total. The quantitative estimate of drug-likeness (QED) is 0.381. The van der Waals surface area contributed by atoms with Crippen molar-refractivity contribution in [1.82, 2.24) is 24.9 Å². The number of aromatic nitrogens is 4. The number of nitrogens with zero attached hydrogens (tertiary/aromatic N) is 5. The molecule has 0 radical (unpaired) electrons. The number of halogens is 1. The molecule has 0 aliphatic heterocycles. The van der Waals surface area contributed by atoms with Crippen molar-refractivity contribution < 1.29 is 9.72 Å². The lowest BCUT2D eigenvalue weighted by molar-refractivity contribution is -0.385. The molecule has 6 rings (SSSR count). The number of carbonyl (C=O) groups excluding carboxylic acids is 1. The minimum absolute atomic E-state index is 0.0834. The second kappa shape index (κ2) is 7.86. The molecule has 0 unspecified atom stereocenters. The Kier molecular flexibility index (Phi) is 5.27. The van der Waals surface area contributed by atoms with Gasteiger partial charge >= 0.3 is 5.69 Å². The predicted octanol–water partition coefficient (Wildman–Crippen LogP) is 4.00. The van der Waals surface area contributed by atoms with Gasteiger partial charge in [-0.15, -0.1) is 0 Å². The van der Waals surface area contributed by atoms with E-state index in [9.17, 15) is 14.9 Å². The van der Waals surface area contributed by atoms with E-state index in [0.29, 0.717) is 42.3 Å². The second-order valence-corrected chi connectivity index (χ2v) is 10.4. The summed E-state index contributed by atoms with van der Waals surface area (Å²) in [6.45, 7) is 4.73. The zero-order valence-electron chi connectivity index (χ0n) is 18.5. The van der Waals surface area contributed by atoms with E-state index in [0.717, 1.165) is 30.7 Å². The lowest BCUT2D eigenvalue weighted by Crippen LogP contribution is -2.52. The van der Waals surface area contributed by atoms with Crippen LogP contribution in [0.3, 0.4) is 0 Å². The van der Waals surface area contributed by atoms with Crippen molar-refractivity contribution >= 4 is 23.2 Å². The largest absolute Gasteiger partial charge is 0.350 e. The third-order valence-electron chi connectivity index (χ3n) is 7.72. The highest BCUT2D eigenvalue weighted by atomic mass is 35.5. The first kappa shape index (κ1) is 21.4. The molecule has 0 spiro atoms. The molecule has 0 atom stereocenters. The van der Waals surface area contributed by atoms with Crippen LogP contribution in [0.5, 0.6) is 0 Å². The zero-order valence-corrected chi connectivity index (χ0v) is 19.3. The lowest BCUT2D eigenvalue weighted by atomic mass is 9.53. The van der Waals surface area contributed by atoms with Crippen molar-refractivity contribution in [2.75, 3.05) is 6.54 Å². The summed E-state index contributed by atoms with van der Waals surface area (Å²) in [6.07, 6.45) is 9.01. The van der Waals surface area contributed by atoms with Crippen LogP contribution in [0.25, 0.3) is 0 Å². The monoisotopic (exact) mass is 460 g/mol. The van der Waals surface area contributed by atoms with Gasteiger partial charge in [0.2, 0.25) is 5.69 Å². The summed E-state index contributed by atoms with van der Waals surface area (Å²) in [6, 6.07) is 0. The molecule has 10 heteroatoms. The molecule has 1 amide bonds. The van der Waals surface area contributed by atoms with Crippen LogP contribution in [0.1, 0.15) is 66.8 Å². The van der Waals surface area contributed by atoms with Gasteiger partial charge in [-0.05, 0) is 76.5 Å². The zero-order chi connectivity index (χ0) is 22.6. The number of aryl methyl sites for hydroxylation is 2. The number of hydrogen-bond acceptors (Lipinski definition) is 5. The van der Waals surface area contributed by atoms with Crippen LogP contribution in [0, 0.1) is 41.7 Å². The molecular formula is C22H29ClN6O3. The van der Waals surface area contributed by atoms with Crippen LogP contribution in [-0.4, -0.2) is 36.9 Å². The Morgan fingerprint density at radius 2 is 1.84 bits per heavy atom. The predicted molar refractivity (Wildman–Crippen MR) is 119 cm³/mol. The van der Waals surface area contributed by atoms with E-state index in [4.69, 9.17) is 11.6 Å². The highest BCUT2D eigenvalue weighted by molar-refractivity contribution is 6.31. The van der Waals surface area contributed by atoms with Crippen LogP contribution < -0.4 is 5.32 Å². The van der Waals surface area contributed by atoms with Crippen LogP contribution in [0.2, 0.25) is 5.02 Å². The van der Waals surface area contributed by atoms with Crippen LogP contribution in [-0.2, 0) is 12.1 Å². The number of amides is 1. The minimum atomic E-state index is -0.494. The molecule has 4 aliphatic carbocycles. The summed E-state index contributed by atoms with van der Waals surface area (Å²) in [7, 11) is 0. The lowest BCUT2D eigenvalue weighted by Gasteiger charge is -2.56. The second-order valence-electron chi connectivity index (χ2n) is 10.0. The van der Waals surface area contributed by atoms with E-state index in [1.807, 2.05) is 18.5 Å². The average molecular weight is 461 g/mol. The van der Waals surface area contributed by atoms with E-state index in [1.165, 1.54) is 25.5 Å². The Balaban J connectivity index is 1.28. The highest BCUT2D eigenvalue weighted by Gasteiger charge is 2.53. The normalized spacial score (nSPS) is 28.3. The van der Waals surface area contributed by atoms with Gasteiger partial charge < -0.3 is 5.32 Å². The summed E-state index contributed by atoms with van der Waals surface area (Å²) >= 11 is 6.18. The molecule has 4 fully saturated rings. The van der Waals surface area contributed by atoms with Gasteiger partial charge in [0, 0.05) is 13.1 Å². The summed E-state index contributed by atoms with van der Waals surface area (Å²) in [4.78, 5) is 24.0. The maximum atomic E-state index is 12.8. The Morgan fingerprint density at radius 3 is 2.38 bits per heavy atom. The first-order chi connectivity index (χ1) is 15.3. The topological polar surface area (TPSA) is 108 Å². The van der Waals surface area contributed by atoms with Crippen LogP contribution in [0.15, 0.2) is 6.20 Å². The van der Waals surface area contributed by atoms with Crippen LogP contribution >= 0.6 is 11.6 Å². The van der Waals surface area contributed by atoms with Gasteiger partial charge in [0.1, 0.15) is 6.20 Å². The summed E-state index contributed by atoms with van der Waals surface area (Å²) in [5.74, 6) is 1.56. The summed E-state index contributed by atoms with van der Waals surface area (Å²) in [5, 5.41) is 24.1. The molecule has 172 valence electrons. The molecule has 2 heterocycles. The molecular weight excluding hydrogens is 432 g/mol. The maximum absolute atomic E-state index is 12.8. The van der Waals surface area contributed by atoms with Gasteiger partial charge in [-0.2, -0.15) is 10.2 Å². The Bertz CT molecular complexity index is 1040. The number of hydrogen-bond donors (Lipinski definition) is 1. The molecule has 2 aromatic rings. The standard InChI is InChI=1S/C22H29ClN6O3/c1-13-19(23)14(2)27(25-13)5-3-4-24-21(30)20-18(29(31)32)12-28(26-20)22-9-15-6-16(10-22)8-17(7-15)11-22/h12,15-17H,3-11H2,1-2H3,(H,24,30). The molecule has 1 N–H and O–H groups in total. The Hall–Kier alpha value is -2.42. The number of nitrogens with one attached hydrogen (secondary N) is 1. The van der Waals surface area contributed by atoms with E-state index in [-0.39, 0.29) is 16.9 Å². The van der Waals surface area contributed by atoms with Crippen molar-refractivity contribution in [1.29, 1.82) is 0 Å². The van der Waals surface area contributed by atoms with Crippen molar-refractivity contribution in [3.8, 4) is 0 Å². The van der Waals surface area contributed by atoms with Gasteiger partial charge in [0.05, 0.1) is 26.9 Å². The molecule has 4 saturated carbocycles. The Morgan fingerprint density at radius 1 is 1.22 bits per heavy atom. The first-order valence-electron chi connectivity index (χ1n) is 11.5. The minimum Gasteiger partial charge on any atom is -0.350 e. The molecule has 4 bridgehead atoms. The van der Waals surface area contributed by atoms with Crippen molar-refractivity contribution in [3.63, 3.8) is 0 Å². The van der Waals surface area contributed by atoms with Crippen molar-refractivity contribution in [2.45, 2.75) is 70.9 Å². The van der Waals surface area contributed by atoms with Crippen molar-refractivity contribution in [2.24, 2.45) is 17.8 Å². The number of rotatable bonds is 7. The first-order valence-corrected chi connectivity index (χ1v) is 11.9. The third-order valence-corrected chi connectivity index (χ3v) is 8.27. The third kappa shape index (κ3) is 3.60. The average Bonchev–Trinajstić information content (AvgIpc) is 3.29. The molecule has 4 aliphatic rings. The van der Waals surface area contributed by atoms with Crippen LogP contribution in [0.4, 0.5) is 5.69 Å². The fraction of sp³-hybridized carbons (Fsp3) is 0.682. The smallest absolute Gasteiger partial charge is 0.320 e. The van der Waals surface area contributed by atoms with E-state index >= 15 is 0 Å². The summed E-state index contributed by atoms with van der Waals surface area (Å²) < 4.78 is 3.59. The van der Waals surface area contributed by atoms with E-state index < -0.39 is 10.8 Å². The van der Waals surface area contributed by atoms with Gasteiger partial charge in [-0.25, -0.2) is 0 Å². The van der Waals surface area contributed by atoms with Gasteiger partial charge in [0.15, 0.2) is 0 Å². The molecule has 0 aromatic carbocycles. The molecule has 32 heavy (non-hydrogen) atoms. The van der Waals surface area contributed by atoms with E-state index in [1.54, 1.807) is 4.68 Å². The molecule has 0 saturated heterocycles. The summed E-state index contributed by atoms with van der Waals surface area (Å²) in [5.41, 5.74) is 1.22. The molecule has 2 aromatic heterocycles. The highest BCUT2D eigenvalue weighted by Crippen LogP contribution is 2.58. The fourth-order valence-corrected chi connectivity index (χ4v) is 6.79. The van der Waals surface area contributed by atoms with Gasteiger partial charge in [0.25, 0.3) is 5.91 Å². The van der Waals surface area contributed by atoms with E-state index in [2.05, 4.69) is 15.5 Å². The fourth-order valence-electron chi connectivity index (χ4n) is 6.66. The Labute approximate surface area is 191 Å². The van der Waals surface area contributed by atoms with Gasteiger partial charge in [-0.1, -0.05) is 11.6 Å². The number of nitro groups is 1. The SMILES string of the molecule is Cc1nn(CCCNC(=O)c2nn(C34CC5CC(CC(C5)C3)C4)cc2[N+](=O)[O-])c(C)c1Cl. The maximum Gasteiger partial charge on any atom is 0.320 e. The number of carbonyl (C=O) groups is 1.